The molecule has 1 unspecified atom stereocenters. The van der Waals surface area contributed by atoms with Gasteiger partial charge in [0.05, 0.1) is 6.20 Å². The first kappa shape index (κ1) is 12.7. The Hall–Kier alpha value is -1.78. The number of fused-ring (bicyclic) bond motifs is 1. The minimum atomic E-state index is 0.403. The second kappa shape index (κ2) is 5.71. The average molecular weight is 247 g/mol. The van der Waals surface area contributed by atoms with Gasteiger partial charge in [0, 0.05) is 25.0 Å². The summed E-state index contributed by atoms with van der Waals surface area (Å²) < 4.78 is 1.99. The molecule has 0 amide bonds. The minimum Gasteiger partial charge on any atom is -0.369 e. The van der Waals surface area contributed by atoms with E-state index in [-0.39, 0.29) is 0 Å². The summed E-state index contributed by atoms with van der Waals surface area (Å²) in [6.07, 6.45) is 7.98. The maximum atomic E-state index is 4.58. The number of hydrogen-bond donors (Lipinski definition) is 2. The van der Waals surface area contributed by atoms with Crippen LogP contribution in [0.25, 0.3) is 5.65 Å². The van der Waals surface area contributed by atoms with Gasteiger partial charge in [-0.2, -0.15) is 0 Å². The Morgan fingerprint density at radius 1 is 1.39 bits per heavy atom. The van der Waals surface area contributed by atoms with Crippen molar-refractivity contribution in [3.63, 3.8) is 0 Å². The molecule has 0 saturated heterocycles. The highest BCUT2D eigenvalue weighted by Gasteiger charge is 2.09. The molecule has 0 aromatic carbocycles. The molecule has 2 aromatic heterocycles. The fourth-order valence-corrected chi connectivity index (χ4v) is 2.03. The Morgan fingerprint density at radius 2 is 2.22 bits per heavy atom. The van der Waals surface area contributed by atoms with E-state index >= 15 is 0 Å². The van der Waals surface area contributed by atoms with Crippen molar-refractivity contribution < 1.29 is 0 Å². The molecule has 2 rings (SSSR count). The van der Waals surface area contributed by atoms with Crippen LogP contribution in [0, 0.1) is 0 Å². The Labute approximate surface area is 108 Å². The largest absolute Gasteiger partial charge is 0.369 e. The van der Waals surface area contributed by atoms with E-state index in [2.05, 4.69) is 41.4 Å². The molecule has 0 bridgehead atoms. The summed E-state index contributed by atoms with van der Waals surface area (Å²) in [6.45, 7) is 7.28. The number of imidazole rings is 1. The van der Waals surface area contributed by atoms with Crippen LogP contribution >= 0.6 is 0 Å². The summed E-state index contributed by atoms with van der Waals surface area (Å²) in [5.41, 5.74) is 0.875. The number of nitrogens with one attached hydrogen (secondary N) is 2. The van der Waals surface area contributed by atoms with E-state index in [1.54, 1.807) is 6.20 Å². The van der Waals surface area contributed by atoms with Crippen LogP contribution < -0.4 is 10.6 Å². The van der Waals surface area contributed by atoms with Crippen LogP contribution in [-0.4, -0.2) is 27.0 Å². The molecule has 0 fully saturated rings. The van der Waals surface area contributed by atoms with Crippen molar-refractivity contribution in [1.82, 2.24) is 14.4 Å². The zero-order chi connectivity index (χ0) is 13.0. The molecular formula is C13H21N5. The molecule has 5 heteroatoms. The molecular weight excluding hydrogens is 226 g/mol. The number of nitrogens with zero attached hydrogens (tertiary/aromatic N) is 3. The summed E-state index contributed by atoms with van der Waals surface area (Å²) in [6, 6.07) is 0.403. The molecule has 98 valence electrons. The third-order valence-electron chi connectivity index (χ3n) is 2.84. The minimum absolute atomic E-state index is 0.403. The van der Waals surface area contributed by atoms with Gasteiger partial charge in [0.2, 0.25) is 0 Å². The van der Waals surface area contributed by atoms with Crippen molar-refractivity contribution in [2.75, 3.05) is 17.2 Å². The van der Waals surface area contributed by atoms with Gasteiger partial charge < -0.3 is 15.0 Å². The summed E-state index contributed by atoms with van der Waals surface area (Å²) in [7, 11) is 0. The number of anilines is 2. The van der Waals surface area contributed by atoms with Crippen molar-refractivity contribution in [1.29, 1.82) is 0 Å². The first-order chi connectivity index (χ1) is 8.74. The van der Waals surface area contributed by atoms with Crippen LogP contribution in [0.3, 0.4) is 0 Å². The molecule has 5 nitrogen and oxygen atoms in total. The van der Waals surface area contributed by atoms with E-state index in [0.717, 1.165) is 36.7 Å². The maximum absolute atomic E-state index is 4.58. The fourth-order valence-electron chi connectivity index (χ4n) is 2.03. The fraction of sp³-hybridized carbons (Fsp3) is 0.538. The lowest BCUT2D eigenvalue weighted by atomic mass is 10.2. The molecule has 18 heavy (non-hydrogen) atoms. The van der Waals surface area contributed by atoms with Crippen molar-refractivity contribution in [2.24, 2.45) is 0 Å². The summed E-state index contributed by atoms with van der Waals surface area (Å²) in [5, 5.41) is 6.67. The third kappa shape index (κ3) is 2.72. The van der Waals surface area contributed by atoms with Crippen molar-refractivity contribution in [3.8, 4) is 0 Å². The zero-order valence-corrected chi connectivity index (χ0v) is 11.3. The zero-order valence-electron chi connectivity index (χ0n) is 11.3. The third-order valence-corrected chi connectivity index (χ3v) is 2.84. The molecule has 0 radical (unpaired) electrons. The second-order valence-electron chi connectivity index (χ2n) is 4.50. The van der Waals surface area contributed by atoms with Gasteiger partial charge in [-0.05, 0) is 20.3 Å². The van der Waals surface area contributed by atoms with Crippen LogP contribution in [0.4, 0.5) is 11.6 Å². The molecule has 0 spiro atoms. The Kier molecular flexibility index (Phi) is 4.02. The predicted octanol–water partition coefficient (Wildman–Crippen LogP) is 2.76. The molecule has 2 aromatic rings. The van der Waals surface area contributed by atoms with Gasteiger partial charge in [-0.1, -0.05) is 13.3 Å². The van der Waals surface area contributed by atoms with E-state index in [9.17, 15) is 0 Å². The molecule has 1 atom stereocenters. The van der Waals surface area contributed by atoms with Crippen LogP contribution in [0.1, 0.15) is 33.6 Å². The van der Waals surface area contributed by atoms with Crippen LogP contribution in [0.2, 0.25) is 0 Å². The van der Waals surface area contributed by atoms with E-state index < -0.39 is 0 Å². The van der Waals surface area contributed by atoms with Gasteiger partial charge in [0.15, 0.2) is 11.5 Å². The van der Waals surface area contributed by atoms with Gasteiger partial charge in [-0.3, -0.25) is 0 Å². The normalized spacial score (nSPS) is 12.6. The Bertz CT molecular complexity index is 505. The van der Waals surface area contributed by atoms with Crippen molar-refractivity contribution in [3.05, 3.63) is 18.6 Å². The first-order valence-electron chi connectivity index (χ1n) is 6.58. The van der Waals surface area contributed by atoms with Crippen LogP contribution in [-0.2, 0) is 0 Å². The topological polar surface area (TPSA) is 54.2 Å². The molecule has 2 heterocycles. The standard InChI is InChI=1S/C13H21N5/c1-4-6-10(3)16-12-13-15-7-8-18(13)9-11(17-12)14-5-2/h7-10,14H,4-6H2,1-3H3,(H,16,17). The molecule has 0 aliphatic carbocycles. The van der Waals surface area contributed by atoms with Gasteiger partial charge in [-0.25, -0.2) is 9.97 Å². The van der Waals surface area contributed by atoms with Crippen LogP contribution in [0.15, 0.2) is 18.6 Å². The predicted molar refractivity (Wildman–Crippen MR) is 75.1 cm³/mol. The SMILES string of the molecule is CCCC(C)Nc1nc(NCC)cn2ccnc12. The highest BCUT2D eigenvalue weighted by molar-refractivity contribution is 5.65. The van der Waals surface area contributed by atoms with Crippen LogP contribution in [0.5, 0.6) is 0 Å². The highest BCUT2D eigenvalue weighted by Crippen LogP contribution is 2.18. The second-order valence-corrected chi connectivity index (χ2v) is 4.50. The van der Waals surface area contributed by atoms with Crippen molar-refractivity contribution >= 4 is 17.3 Å². The molecule has 0 aliphatic heterocycles. The molecule has 0 aliphatic rings. The van der Waals surface area contributed by atoms with Gasteiger partial charge in [0.1, 0.15) is 5.82 Å². The highest BCUT2D eigenvalue weighted by atomic mass is 15.1. The van der Waals surface area contributed by atoms with Crippen molar-refractivity contribution in [2.45, 2.75) is 39.7 Å². The quantitative estimate of drug-likeness (QED) is 0.824. The Balaban J connectivity index is 2.31. The summed E-state index contributed by atoms with van der Waals surface area (Å²) >= 11 is 0. The lowest BCUT2D eigenvalue weighted by Crippen LogP contribution is -2.17. The Morgan fingerprint density at radius 3 is 2.94 bits per heavy atom. The molecule has 2 N–H and O–H groups in total. The number of hydrogen-bond acceptors (Lipinski definition) is 4. The molecule has 0 saturated carbocycles. The van der Waals surface area contributed by atoms with E-state index in [4.69, 9.17) is 0 Å². The number of rotatable bonds is 6. The van der Waals surface area contributed by atoms with E-state index in [1.807, 2.05) is 16.8 Å². The van der Waals surface area contributed by atoms with Gasteiger partial charge in [-0.15, -0.1) is 0 Å². The maximum Gasteiger partial charge on any atom is 0.180 e. The van der Waals surface area contributed by atoms with E-state index in [0.29, 0.717) is 6.04 Å². The smallest absolute Gasteiger partial charge is 0.180 e. The lowest BCUT2D eigenvalue weighted by Gasteiger charge is -2.15. The first-order valence-corrected chi connectivity index (χ1v) is 6.58. The van der Waals surface area contributed by atoms with Gasteiger partial charge >= 0.3 is 0 Å². The van der Waals surface area contributed by atoms with Gasteiger partial charge in [0.25, 0.3) is 0 Å². The number of aromatic nitrogens is 3. The lowest BCUT2D eigenvalue weighted by molar-refractivity contribution is 0.687. The summed E-state index contributed by atoms with van der Waals surface area (Å²) in [5.74, 6) is 1.72. The van der Waals surface area contributed by atoms with E-state index in [1.165, 1.54) is 0 Å². The average Bonchev–Trinajstić information content (AvgIpc) is 2.78. The summed E-state index contributed by atoms with van der Waals surface area (Å²) in [4.78, 5) is 8.92. The monoisotopic (exact) mass is 247 g/mol.